The Kier molecular flexibility index (Phi) is 3.87. The molecule has 1 aliphatic rings. The van der Waals surface area contributed by atoms with Crippen LogP contribution in [0.25, 0.3) is 0 Å². The van der Waals surface area contributed by atoms with Crippen LogP contribution in [-0.2, 0) is 4.74 Å². The van der Waals surface area contributed by atoms with Gasteiger partial charge in [0.05, 0.1) is 13.7 Å². The van der Waals surface area contributed by atoms with Gasteiger partial charge in [-0.15, -0.1) is 0 Å². The van der Waals surface area contributed by atoms with Crippen molar-refractivity contribution < 1.29 is 14.3 Å². The molecule has 0 bridgehead atoms. The molecule has 6 nitrogen and oxygen atoms in total. The van der Waals surface area contributed by atoms with E-state index in [1.165, 1.54) is 13.3 Å². The molecule has 1 aromatic rings. The first-order chi connectivity index (χ1) is 8.29. The molecule has 17 heavy (non-hydrogen) atoms. The largest absolute Gasteiger partial charge is 0.477 e. The van der Waals surface area contributed by atoms with Gasteiger partial charge in [-0.05, 0) is 13.0 Å². The van der Waals surface area contributed by atoms with Crippen molar-refractivity contribution in [3.05, 3.63) is 18.1 Å². The monoisotopic (exact) mass is 237 g/mol. The minimum atomic E-state index is -0.557. The van der Waals surface area contributed by atoms with Gasteiger partial charge in [-0.1, -0.05) is 0 Å². The molecule has 2 heterocycles. The van der Waals surface area contributed by atoms with Gasteiger partial charge >= 0.3 is 5.97 Å². The maximum Gasteiger partial charge on any atom is 0.376 e. The van der Waals surface area contributed by atoms with Crippen LogP contribution < -0.4 is 10.1 Å². The maximum atomic E-state index is 11.2. The molecular weight excluding hydrogens is 222 g/mol. The van der Waals surface area contributed by atoms with E-state index >= 15 is 0 Å². The average molecular weight is 237 g/mol. The molecule has 6 heteroatoms. The van der Waals surface area contributed by atoms with Crippen LogP contribution in [-0.4, -0.2) is 42.7 Å². The molecule has 0 aliphatic carbocycles. The molecule has 0 spiro atoms. The minimum absolute atomic E-state index is 0.0227. The number of carbonyl (C=O) groups is 1. The third-order valence-corrected chi connectivity index (χ3v) is 2.63. The van der Waals surface area contributed by atoms with Gasteiger partial charge < -0.3 is 14.8 Å². The van der Waals surface area contributed by atoms with Crippen molar-refractivity contribution in [2.45, 2.75) is 6.42 Å². The van der Waals surface area contributed by atoms with Crippen molar-refractivity contribution in [2.24, 2.45) is 5.92 Å². The van der Waals surface area contributed by atoms with Crippen LogP contribution in [0.15, 0.2) is 12.3 Å². The summed E-state index contributed by atoms with van der Waals surface area (Å²) in [7, 11) is 1.30. The van der Waals surface area contributed by atoms with Gasteiger partial charge in [0.2, 0.25) is 11.7 Å². The number of aromatic nitrogens is 2. The Morgan fingerprint density at radius 3 is 3.24 bits per heavy atom. The summed E-state index contributed by atoms with van der Waals surface area (Å²) < 4.78 is 10.1. The summed E-state index contributed by atoms with van der Waals surface area (Å²) in [5.74, 6) is 0.381. The fraction of sp³-hybridized carbons (Fsp3) is 0.545. The molecule has 2 rings (SSSR count). The van der Waals surface area contributed by atoms with E-state index in [1.807, 2.05) is 0 Å². The highest BCUT2D eigenvalue weighted by molar-refractivity contribution is 5.84. The van der Waals surface area contributed by atoms with Crippen molar-refractivity contribution in [3.8, 4) is 5.88 Å². The fourth-order valence-electron chi connectivity index (χ4n) is 1.67. The Morgan fingerprint density at radius 2 is 2.53 bits per heavy atom. The lowest BCUT2D eigenvalue weighted by Gasteiger charge is -2.09. The van der Waals surface area contributed by atoms with Crippen LogP contribution >= 0.6 is 0 Å². The molecule has 0 aromatic carbocycles. The summed E-state index contributed by atoms with van der Waals surface area (Å²) in [6.45, 7) is 2.60. The third-order valence-electron chi connectivity index (χ3n) is 2.63. The predicted octanol–water partition coefficient (Wildman–Crippen LogP) is 0.251. The molecule has 1 unspecified atom stereocenters. The van der Waals surface area contributed by atoms with E-state index in [4.69, 9.17) is 4.74 Å². The van der Waals surface area contributed by atoms with Crippen LogP contribution in [0.5, 0.6) is 5.88 Å². The zero-order valence-corrected chi connectivity index (χ0v) is 9.68. The van der Waals surface area contributed by atoms with Crippen LogP contribution in [0.4, 0.5) is 0 Å². The molecule has 1 N–H and O–H groups in total. The SMILES string of the molecule is COC(=O)c1nccc(OCC2CCNC2)n1. The van der Waals surface area contributed by atoms with Gasteiger partial charge in [0, 0.05) is 24.7 Å². The molecular formula is C11H15N3O3. The van der Waals surface area contributed by atoms with Gasteiger partial charge in [0.1, 0.15) is 0 Å². The van der Waals surface area contributed by atoms with Crippen molar-refractivity contribution in [2.75, 3.05) is 26.8 Å². The number of hydrogen-bond acceptors (Lipinski definition) is 6. The quantitative estimate of drug-likeness (QED) is 0.757. The highest BCUT2D eigenvalue weighted by Crippen LogP contribution is 2.11. The number of esters is 1. The number of nitrogens with one attached hydrogen (secondary N) is 1. The standard InChI is InChI=1S/C11H15N3O3/c1-16-11(15)10-13-5-3-9(14-10)17-7-8-2-4-12-6-8/h3,5,8,12H,2,4,6-7H2,1H3. The molecule has 1 aliphatic heterocycles. The molecule has 1 saturated heterocycles. The fourth-order valence-corrected chi connectivity index (χ4v) is 1.67. The number of ether oxygens (including phenoxy) is 2. The summed E-state index contributed by atoms with van der Waals surface area (Å²) in [5, 5.41) is 3.26. The topological polar surface area (TPSA) is 73.3 Å². The third kappa shape index (κ3) is 3.13. The van der Waals surface area contributed by atoms with E-state index in [1.54, 1.807) is 6.07 Å². The van der Waals surface area contributed by atoms with Crippen LogP contribution in [0.2, 0.25) is 0 Å². The number of methoxy groups -OCH3 is 1. The van der Waals surface area contributed by atoms with Crippen LogP contribution in [0.3, 0.4) is 0 Å². The van der Waals surface area contributed by atoms with Gasteiger partial charge in [-0.3, -0.25) is 0 Å². The normalized spacial score (nSPS) is 19.0. The Bertz CT molecular complexity index is 391. The summed E-state index contributed by atoms with van der Waals surface area (Å²) in [5.41, 5.74) is 0. The van der Waals surface area contributed by atoms with E-state index in [-0.39, 0.29) is 5.82 Å². The smallest absolute Gasteiger partial charge is 0.376 e. The first-order valence-electron chi connectivity index (χ1n) is 5.54. The van der Waals surface area contributed by atoms with E-state index in [2.05, 4.69) is 20.0 Å². The van der Waals surface area contributed by atoms with E-state index in [0.29, 0.717) is 18.4 Å². The molecule has 1 atom stereocenters. The van der Waals surface area contributed by atoms with Gasteiger partial charge in [0.25, 0.3) is 0 Å². The number of hydrogen-bond donors (Lipinski definition) is 1. The van der Waals surface area contributed by atoms with E-state index in [0.717, 1.165) is 19.5 Å². The Labute approximate surface area is 99.4 Å². The van der Waals surface area contributed by atoms with Crippen molar-refractivity contribution in [1.29, 1.82) is 0 Å². The summed E-state index contributed by atoms with van der Waals surface area (Å²) in [4.78, 5) is 19.0. The Morgan fingerprint density at radius 1 is 1.65 bits per heavy atom. The zero-order valence-electron chi connectivity index (χ0n) is 9.68. The minimum Gasteiger partial charge on any atom is -0.477 e. The predicted molar refractivity (Wildman–Crippen MR) is 59.8 cm³/mol. The molecule has 1 fully saturated rings. The summed E-state index contributed by atoms with van der Waals surface area (Å²) in [6, 6.07) is 1.63. The van der Waals surface area contributed by atoms with Gasteiger partial charge in [-0.2, -0.15) is 4.98 Å². The van der Waals surface area contributed by atoms with Crippen molar-refractivity contribution >= 4 is 5.97 Å². The molecule has 0 radical (unpaired) electrons. The lowest BCUT2D eigenvalue weighted by molar-refractivity contribution is 0.0585. The lowest BCUT2D eigenvalue weighted by atomic mass is 10.1. The maximum absolute atomic E-state index is 11.2. The first kappa shape index (κ1) is 11.8. The number of rotatable bonds is 4. The number of carbonyl (C=O) groups excluding carboxylic acids is 1. The number of nitrogens with zero attached hydrogens (tertiary/aromatic N) is 2. The highest BCUT2D eigenvalue weighted by Gasteiger charge is 2.16. The van der Waals surface area contributed by atoms with E-state index < -0.39 is 5.97 Å². The summed E-state index contributed by atoms with van der Waals surface area (Å²) in [6.07, 6.45) is 2.59. The van der Waals surface area contributed by atoms with Crippen molar-refractivity contribution in [3.63, 3.8) is 0 Å². The summed E-state index contributed by atoms with van der Waals surface area (Å²) >= 11 is 0. The van der Waals surface area contributed by atoms with Gasteiger partial charge in [-0.25, -0.2) is 9.78 Å². The molecule has 0 amide bonds. The van der Waals surface area contributed by atoms with Crippen molar-refractivity contribution in [1.82, 2.24) is 15.3 Å². The second-order valence-corrected chi connectivity index (χ2v) is 3.88. The first-order valence-corrected chi connectivity index (χ1v) is 5.54. The Balaban J connectivity index is 1.93. The zero-order chi connectivity index (χ0) is 12.1. The van der Waals surface area contributed by atoms with Crippen LogP contribution in [0, 0.1) is 5.92 Å². The van der Waals surface area contributed by atoms with Crippen LogP contribution in [0.1, 0.15) is 17.0 Å². The highest BCUT2D eigenvalue weighted by atomic mass is 16.5. The second-order valence-electron chi connectivity index (χ2n) is 3.88. The molecule has 0 saturated carbocycles. The molecule has 1 aromatic heterocycles. The lowest BCUT2D eigenvalue weighted by Crippen LogP contribution is -2.16. The average Bonchev–Trinajstić information content (AvgIpc) is 2.89. The Hall–Kier alpha value is -1.69. The van der Waals surface area contributed by atoms with E-state index in [9.17, 15) is 4.79 Å². The molecule has 92 valence electrons. The van der Waals surface area contributed by atoms with Gasteiger partial charge in [0.15, 0.2) is 0 Å². The second kappa shape index (κ2) is 5.58.